The van der Waals surface area contributed by atoms with Crippen molar-refractivity contribution in [1.82, 2.24) is 0 Å². The molecule has 22 heavy (non-hydrogen) atoms. The van der Waals surface area contributed by atoms with Crippen LogP contribution in [0.1, 0.15) is 25.5 Å². The van der Waals surface area contributed by atoms with Crippen molar-refractivity contribution in [2.75, 3.05) is 12.4 Å². The summed E-state index contributed by atoms with van der Waals surface area (Å²) >= 11 is 0. The van der Waals surface area contributed by atoms with Crippen LogP contribution in [0, 0.1) is 0 Å². The van der Waals surface area contributed by atoms with Gasteiger partial charge in [0.25, 0.3) is 5.91 Å². The number of quaternary nitrogens is 1. The number of carbonyl (C=O) groups excluding carboxylic acids is 1. The summed E-state index contributed by atoms with van der Waals surface area (Å²) in [5.41, 5.74) is 1.99. The minimum atomic E-state index is -0.169. The van der Waals surface area contributed by atoms with E-state index in [-0.39, 0.29) is 18.0 Å². The molecule has 3 N–H and O–H groups in total. The van der Waals surface area contributed by atoms with Gasteiger partial charge in [0.05, 0.1) is 7.11 Å². The molecule has 2 rings (SSSR count). The second kappa shape index (κ2) is 7.61. The number of hydrogen-bond donors (Lipinski definition) is 2. The molecule has 0 aliphatic rings. The van der Waals surface area contributed by atoms with E-state index in [0.717, 1.165) is 11.4 Å². The van der Waals surface area contributed by atoms with E-state index in [1.165, 1.54) is 5.56 Å². The number of rotatable bonds is 6. The largest absolute Gasteiger partial charge is 0.497 e. The van der Waals surface area contributed by atoms with Crippen LogP contribution in [-0.4, -0.2) is 19.1 Å². The molecule has 1 amide bonds. The SMILES string of the molecule is COc1ccc(NC(=O)[C@H](C)[NH2+][C@H](C)c2ccccc2)cc1. The zero-order valence-corrected chi connectivity index (χ0v) is 13.2. The molecule has 2 aromatic rings. The molecule has 0 saturated carbocycles. The highest BCUT2D eigenvalue weighted by Crippen LogP contribution is 2.15. The van der Waals surface area contributed by atoms with Gasteiger partial charge < -0.3 is 15.4 Å². The van der Waals surface area contributed by atoms with Crippen LogP contribution in [0.2, 0.25) is 0 Å². The first-order valence-corrected chi connectivity index (χ1v) is 7.45. The monoisotopic (exact) mass is 299 g/mol. The maximum atomic E-state index is 12.3. The predicted molar refractivity (Wildman–Crippen MR) is 87.9 cm³/mol. The van der Waals surface area contributed by atoms with Crippen molar-refractivity contribution in [2.45, 2.75) is 25.9 Å². The highest BCUT2D eigenvalue weighted by atomic mass is 16.5. The standard InChI is InChI=1S/C18H22N2O2/c1-13(15-7-5-4-6-8-15)19-14(2)18(21)20-16-9-11-17(22-3)12-10-16/h4-14,19H,1-3H3,(H,20,21)/p+1/t13-,14+/m1/s1. The van der Waals surface area contributed by atoms with Gasteiger partial charge in [-0.25, -0.2) is 0 Å². The Morgan fingerprint density at radius 3 is 2.27 bits per heavy atom. The fourth-order valence-corrected chi connectivity index (χ4v) is 2.32. The van der Waals surface area contributed by atoms with E-state index in [4.69, 9.17) is 4.74 Å². The van der Waals surface area contributed by atoms with E-state index in [2.05, 4.69) is 29.7 Å². The molecule has 0 unspecified atom stereocenters. The third-order valence-electron chi connectivity index (χ3n) is 3.67. The Balaban J connectivity index is 1.91. The molecule has 0 aromatic heterocycles. The summed E-state index contributed by atoms with van der Waals surface area (Å²) < 4.78 is 5.10. The molecule has 0 aliphatic heterocycles. The average molecular weight is 299 g/mol. The number of hydrogen-bond acceptors (Lipinski definition) is 2. The molecule has 0 bridgehead atoms. The smallest absolute Gasteiger partial charge is 0.282 e. The molecule has 0 saturated heterocycles. The lowest BCUT2D eigenvalue weighted by molar-refractivity contribution is -0.709. The first-order valence-electron chi connectivity index (χ1n) is 7.45. The molecule has 0 aliphatic carbocycles. The van der Waals surface area contributed by atoms with Gasteiger partial charge in [-0.15, -0.1) is 0 Å². The maximum absolute atomic E-state index is 12.3. The first-order chi connectivity index (χ1) is 10.6. The highest BCUT2D eigenvalue weighted by Gasteiger charge is 2.20. The van der Waals surface area contributed by atoms with Gasteiger partial charge in [-0.3, -0.25) is 4.79 Å². The third kappa shape index (κ3) is 4.33. The van der Waals surface area contributed by atoms with Crippen molar-refractivity contribution in [2.24, 2.45) is 0 Å². The lowest BCUT2D eigenvalue weighted by Gasteiger charge is -2.17. The van der Waals surface area contributed by atoms with Gasteiger partial charge in [0.15, 0.2) is 6.04 Å². The van der Waals surface area contributed by atoms with Gasteiger partial charge in [0, 0.05) is 11.3 Å². The number of methoxy groups -OCH3 is 1. The average Bonchev–Trinajstić information content (AvgIpc) is 2.56. The van der Waals surface area contributed by atoms with E-state index in [1.54, 1.807) is 7.11 Å². The lowest BCUT2D eigenvalue weighted by atomic mass is 10.1. The Labute approximate surface area is 131 Å². The fraction of sp³-hybridized carbons (Fsp3) is 0.278. The number of carbonyl (C=O) groups is 1. The number of nitrogens with two attached hydrogens (primary N) is 1. The van der Waals surface area contributed by atoms with Gasteiger partial charge >= 0.3 is 0 Å². The molecule has 0 radical (unpaired) electrons. The van der Waals surface area contributed by atoms with Gasteiger partial charge in [-0.2, -0.15) is 0 Å². The minimum Gasteiger partial charge on any atom is -0.497 e. The first kappa shape index (κ1) is 16.0. The van der Waals surface area contributed by atoms with E-state index in [9.17, 15) is 4.79 Å². The summed E-state index contributed by atoms with van der Waals surface area (Å²) in [7, 11) is 1.62. The summed E-state index contributed by atoms with van der Waals surface area (Å²) in [6.07, 6.45) is 0. The molecular formula is C18H23N2O2+. The number of benzene rings is 2. The number of anilines is 1. The summed E-state index contributed by atoms with van der Waals surface area (Å²) in [5.74, 6) is 0.767. The number of nitrogens with one attached hydrogen (secondary N) is 1. The number of amides is 1. The Morgan fingerprint density at radius 2 is 1.68 bits per heavy atom. The summed E-state index contributed by atoms with van der Waals surface area (Å²) in [5, 5.41) is 4.99. The summed E-state index contributed by atoms with van der Waals surface area (Å²) in [6, 6.07) is 17.6. The molecular weight excluding hydrogens is 276 g/mol. The molecule has 0 spiro atoms. The zero-order valence-electron chi connectivity index (χ0n) is 13.2. The lowest BCUT2D eigenvalue weighted by Crippen LogP contribution is -2.91. The van der Waals surface area contributed by atoms with Crippen LogP contribution in [0.4, 0.5) is 5.69 Å². The van der Waals surface area contributed by atoms with Crippen molar-refractivity contribution < 1.29 is 14.8 Å². The van der Waals surface area contributed by atoms with E-state index >= 15 is 0 Å². The Bertz CT molecular complexity index is 596. The third-order valence-corrected chi connectivity index (χ3v) is 3.67. The molecule has 4 nitrogen and oxygen atoms in total. The van der Waals surface area contributed by atoms with Crippen LogP contribution in [0.25, 0.3) is 0 Å². The number of ether oxygens (including phenoxy) is 1. The van der Waals surface area contributed by atoms with Crippen LogP contribution in [0.3, 0.4) is 0 Å². The molecule has 0 fully saturated rings. The van der Waals surface area contributed by atoms with E-state index in [1.807, 2.05) is 49.4 Å². The van der Waals surface area contributed by atoms with Gasteiger partial charge in [-0.05, 0) is 38.1 Å². The Hall–Kier alpha value is -2.33. The normalized spacial score (nSPS) is 13.2. The summed E-state index contributed by atoms with van der Waals surface area (Å²) in [6.45, 7) is 4.02. The van der Waals surface area contributed by atoms with E-state index in [0.29, 0.717) is 0 Å². The van der Waals surface area contributed by atoms with Crippen molar-refractivity contribution in [3.63, 3.8) is 0 Å². The maximum Gasteiger partial charge on any atom is 0.282 e. The van der Waals surface area contributed by atoms with Crippen molar-refractivity contribution in [1.29, 1.82) is 0 Å². The second-order valence-corrected chi connectivity index (χ2v) is 5.40. The molecule has 4 heteroatoms. The fourth-order valence-electron chi connectivity index (χ4n) is 2.32. The quantitative estimate of drug-likeness (QED) is 0.860. The molecule has 2 aromatic carbocycles. The Kier molecular flexibility index (Phi) is 5.55. The topological polar surface area (TPSA) is 54.9 Å². The van der Waals surface area contributed by atoms with Crippen LogP contribution in [-0.2, 0) is 4.79 Å². The Morgan fingerprint density at radius 1 is 1.05 bits per heavy atom. The van der Waals surface area contributed by atoms with Crippen LogP contribution in [0.15, 0.2) is 54.6 Å². The molecule has 116 valence electrons. The van der Waals surface area contributed by atoms with E-state index < -0.39 is 0 Å². The van der Waals surface area contributed by atoms with Crippen molar-refractivity contribution in [3.05, 3.63) is 60.2 Å². The predicted octanol–water partition coefficient (Wildman–Crippen LogP) is 2.35. The van der Waals surface area contributed by atoms with Crippen LogP contribution >= 0.6 is 0 Å². The minimum absolute atomic E-state index is 0.00653. The van der Waals surface area contributed by atoms with Gasteiger partial charge in [0.2, 0.25) is 0 Å². The van der Waals surface area contributed by atoms with Crippen LogP contribution < -0.4 is 15.4 Å². The molecule has 0 heterocycles. The van der Waals surface area contributed by atoms with Crippen LogP contribution in [0.5, 0.6) is 5.75 Å². The second-order valence-electron chi connectivity index (χ2n) is 5.40. The van der Waals surface area contributed by atoms with Gasteiger partial charge in [0.1, 0.15) is 11.8 Å². The van der Waals surface area contributed by atoms with Gasteiger partial charge in [-0.1, -0.05) is 30.3 Å². The zero-order chi connectivity index (χ0) is 15.9. The van der Waals surface area contributed by atoms with Crippen molar-refractivity contribution >= 4 is 11.6 Å². The molecule has 2 atom stereocenters. The summed E-state index contributed by atoms with van der Waals surface area (Å²) in [4.78, 5) is 12.3. The highest BCUT2D eigenvalue weighted by molar-refractivity contribution is 5.93. The van der Waals surface area contributed by atoms with Crippen molar-refractivity contribution in [3.8, 4) is 5.75 Å².